The Hall–Kier alpha value is -1.81. The smallest absolute Gasteiger partial charge is 0.255 e. The molecule has 3 nitrogen and oxygen atoms in total. The fourth-order valence-corrected chi connectivity index (χ4v) is 3.13. The summed E-state index contributed by atoms with van der Waals surface area (Å²) >= 11 is 3.61. The summed E-state index contributed by atoms with van der Waals surface area (Å²) < 4.78 is 5.14. The molecule has 0 saturated heterocycles. The highest BCUT2D eigenvalue weighted by Crippen LogP contribution is 2.38. The van der Waals surface area contributed by atoms with Crippen molar-refractivity contribution in [3.63, 3.8) is 0 Å². The zero-order valence-corrected chi connectivity index (χ0v) is 12.6. The SMILES string of the molecule is COc1ccc(CN2C(=O)c3ccccc3C2Br)cc1. The number of carbonyl (C=O) groups is 1. The van der Waals surface area contributed by atoms with Crippen LogP contribution < -0.4 is 4.74 Å². The summed E-state index contributed by atoms with van der Waals surface area (Å²) in [6.07, 6.45) is 0. The van der Waals surface area contributed by atoms with Crippen LogP contribution in [0.15, 0.2) is 48.5 Å². The Morgan fingerprint density at radius 3 is 2.50 bits per heavy atom. The van der Waals surface area contributed by atoms with Crippen molar-refractivity contribution in [3.05, 3.63) is 65.2 Å². The number of ether oxygens (including phenoxy) is 1. The number of nitrogens with zero attached hydrogens (tertiary/aromatic N) is 1. The number of carbonyl (C=O) groups excluding carboxylic acids is 1. The number of amides is 1. The van der Waals surface area contributed by atoms with E-state index in [1.165, 1.54) is 0 Å². The van der Waals surface area contributed by atoms with E-state index in [-0.39, 0.29) is 10.9 Å². The van der Waals surface area contributed by atoms with Crippen molar-refractivity contribution >= 4 is 21.8 Å². The summed E-state index contributed by atoms with van der Waals surface area (Å²) in [7, 11) is 1.64. The standard InChI is InChI=1S/C16H14BrNO2/c1-20-12-8-6-11(7-9-12)10-18-15(17)13-4-2-3-5-14(13)16(18)19/h2-9,15H,10H2,1H3. The second-order valence-electron chi connectivity index (χ2n) is 4.70. The average Bonchev–Trinajstić information content (AvgIpc) is 2.74. The number of alkyl halides is 1. The largest absolute Gasteiger partial charge is 0.497 e. The third-order valence-electron chi connectivity index (χ3n) is 3.49. The summed E-state index contributed by atoms with van der Waals surface area (Å²) in [5.74, 6) is 0.887. The van der Waals surface area contributed by atoms with Gasteiger partial charge in [-0.25, -0.2) is 0 Å². The first-order chi connectivity index (χ1) is 9.70. The Labute approximate surface area is 126 Å². The molecule has 0 fully saturated rings. The van der Waals surface area contributed by atoms with Gasteiger partial charge in [0.15, 0.2) is 0 Å². The van der Waals surface area contributed by atoms with Gasteiger partial charge in [-0.15, -0.1) is 0 Å². The van der Waals surface area contributed by atoms with Gasteiger partial charge < -0.3 is 9.64 Å². The number of hydrogen-bond donors (Lipinski definition) is 0. The first-order valence-electron chi connectivity index (χ1n) is 6.37. The van der Waals surface area contributed by atoms with Crippen LogP contribution in [0.2, 0.25) is 0 Å². The molecule has 1 atom stereocenters. The maximum atomic E-state index is 12.4. The molecule has 1 unspecified atom stereocenters. The molecule has 4 heteroatoms. The van der Waals surface area contributed by atoms with E-state index in [2.05, 4.69) is 15.9 Å². The fraction of sp³-hybridized carbons (Fsp3) is 0.188. The number of rotatable bonds is 3. The lowest BCUT2D eigenvalue weighted by atomic mass is 10.1. The summed E-state index contributed by atoms with van der Waals surface area (Å²) in [6.45, 7) is 0.577. The number of fused-ring (bicyclic) bond motifs is 1. The number of methoxy groups -OCH3 is 1. The topological polar surface area (TPSA) is 29.5 Å². The van der Waals surface area contributed by atoms with Crippen LogP contribution in [0.3, 0.4) is 0 Å². The number of halogens is 1. The first kappa shape index (κ1) is 13.2. The molecule has 0 aromatic heterocycles. The van der Waals surface area contributed by atoms with E-state index in [1.807, 2.05) is 53.4 Å². The van der Waals surface area contributed by atoms with Crippen LogP contribution in [0.4, 0.5) is 0 Å². The van der Waals surface area contributed by atoms with Gasteiger partial charge in [0.2, 0.25) is 0 Å². The Bertz CT molecular complexity index is 639. The zero-order valence-electron chi connectivity index (χ0n) is 11.0. The first-order valence-corrected chi connectivity index (χ1v) is 7.29. The van der Waals surface area contributed by atoms with Gasteiger partial charge in [0, 0.05) is 12.1 Å². The molecule has 0 bridgehead atoms. The Kier molecular flexibility index (Phi) is 3.49. The predicted molar refractivity (Wildman–Crippen MR) is 81.0 cm³/mol. The van der Waals surface area contributed by atoms with Crippen LogP contribution in [-0.4, -0.2) is 17.9 Å². The Morgan fingerprint density at radius 1 is 1.15 bits per heavy atom. The fourth-order valence-electron chi connectivity index (χ4n) is 2.40. The minimum atomic E-state index is -0.0618. The van der Waals surface area contributed by atoms with Gasteiger partial charge in [-0.3, -0.25) is 4.79 Å². The molecule has 2 aromatic rings. The van der Waals surface area contributed by atoms with Gasteiger partial charge in [0.25, 0.3) is 5.91 Å². The zero-order chi connectivity index (χ0) is 14.1. The van der Waals surface area contributed by atoms with E-state index in [4.69, 9.17) is 4.74 Å². The second kappa shape index (κ2) is 5.29. The summed E-state index contributed by atoms with van der Waals surface area (Å²) in [4.78, 5) is 14.2. The van der Waals surface area contributed by atoms with Crippen molar-refractivity contribution < 1.29 is 9.53 Å². The van der Waals surface area contributed by atoms with E-state index in [0.717, 1.165) is 22.4 Å². The third-order valence-corrected chi connectivity index (χ3v) is 4.48. The van der Waals surface area contributed by atoms with E-state index in [1.54, 1.807) is 7.11 Å². The van der Waals surface area contributed by atoms with Crippen LogP contribution in [0.1, 0.15) is 26.4 Å². The molecule has 1 heterocycles. The molecule has 0 spiro atoms. The quantitative estimate of drug-likeness (QED) is 0.633. The molecule has 102 valence electrons. The lowest BCUT2D eigenvalue weighted by Gasteiger charge is -2.20. The normalized spacial score (nSPS) is 17.2. The third kappa shape index (κ3) is 2.20. The molecule has 0 saturated carbocycles. The summed E-state index contributed by atoms with van der Waals surface area (Å²) in [5.41, 5.74) is 2.89. The highest BCUT2D eigenvalue weighted by atomic mass is 79.9. The van der Waals surface area contributed by atoms with Crippen molar-refractivity contribution in [2.45, 2.75) is 11.5 Å². The highest BCUT2D eigenvalue weighted by molar-refractivity contribution is 9.09. The van der Waals surface area contributed by atoms with Gasteiger partial charge in [-0.05, 0) is 29.3 Å². The van der Waals surface area contributed by atoms with Crippen LogP contribution in [0, 0.1) is 0 Å². The van der Waals surface area contributed by atoms with Crippen molar-refractivity contribution in [2.75, 3.05) is 7.11 Å². The van der Waals surface area contributed by atoms with Crippen LogP contribution in [0.5, 0.6) is 5.75 Å². The van der Waals surface area contributed by atoms with Crippen LogP contribution in [-0.2, 0) is 6.54 Å². The second-order valence-corrected chi connectivity index (χ2v) is 5.57. The molecule has 1 aliphatic heterocycles. The molecule has 2 aromatic carbocycles. The highest BCUT2D eigenvalue weighted by Gasteiger charge is 2.34. The van der Waals surface area contributed by atoms with Gasteiger partial charge in [0.05, 0.1) is 7.11 Å². The van der Waals surface area contributed by atoms with Crippen molar-refractivity contribution in [1.82, 2.24) is 4.90 Å². The molecule has 1 amide bonds. The molecule has 1 aliphatic rings. The molecular weight excluding hydrogens is 318 g/mol. The number of hydrogen-bond acceptors (Lipinski definition) is 2. The summed E-state index contributed by atoms with van der Waals surface area (Å²) in [5, 5.41) is 0. The van der Waals surface area contributed by atoms with E-state index in [9.17, 15) is 4.79 Å². The molecular formula is C16H14BrNO2. The molecule has 20 heavy (non-hydrogen) atoms. The monoisotopic (exact) mass is 331 g/mol. The van der Waals surface area contributed by atoms with E-state index in [0.29, 0.717) is 6.54 Å². The maximum Gasteiger partial charge on any atom is 0.255 e. The lowest BCUT2D eigenvalue weighted by molar-refractivity contribution is 0.0765. The maximum absolute atomic E-state index is 12.4. The average molecular weight is 332 g/mol. The predicted octanol–water partition coefficient (Wildman–Crippen LogP) is 3.74. The van der Waals surface area contributed by atoms with Crippen LogP contribution in [0.25, 0.3) is 0 Å². The van der Waals surface area contributed by atoms with Gasteiger partial charge >= 0.3 is 0 Å². The van der Waals surface area contributed by atoms with Crippen molar-refractivity contribution in [3.8, 4) is 5.75 Å². The lowest BCUT2D eigenvalue weighted by Crippen LogP contribution is -2.24. The molecule has 0 N–H and O–H groups in total. The van der Waals surface area contributed by atoms with E-state index < -0.39 is 0 Å². The minimum Gasteiger partial charge on any atom is -0.497 e. The Morgan fingerprint density at radius 2 is 1.85 bits per heavy atom. The van der Waals surface area contributed by atoms with Crippen molar-refractivity contribution in [1.29, 1.82) is 0 Å². The Balaban J connectivity index is 1.83. The van der Waals surface area contributed by atoms with Gasteiger partial charge in [-0.2, -0.15) is 0 Å². The summed E-state index contributed by atoms with van der Waals surface area (Å²) in [6, 6.07) is 15.5. The molecule has 3 rings (SSSR count). The minimum absolute atomic E-state index is 0.0618. The van der Waals surface area contributed by atoms with E-state index >= 15 is 0 Å². The van der Waals surface area contributed by atoms with Crippen LogP contribution >= 0.6 is 15.9 Å². The molecule has 0 aliphatic carbocycles. The van der Waals surface area contributed by atoms with Gasteiger partial charge in [0.1, 0.15) is 10.7 Å². The van der Waals surface area contributed by atoms with Crippen molar-refractivity contribution in [2.24, 2.45) is 0 Å². The number of benzene rings is 2. The molecule has 0 radical (unpaired) electrons. The van der Waals surface area contributed by atoms with Gasteiger partial charge in [-0.1, -0.05) is 46.3 Å².